The number of ether oxygens (including phenoxy) is 2. The number of piperazine rings is 1. The molecule has 3 rings (SSSR count). The molecule has 0 radical (unpaired) electrons. The third-order valence-electron chi connectivity index (χ3n) is 5.49. The van der Waals surface area contributed by atoms with Gasteiger partial charge < -0.3 is 19.7 Å². The zero-order valence-electron chi connectivity index (χ0n) is 19.6. The van der Waals surface area contributed by atoms with E-state index in [1.807, 2.05) is 4.90 Å². The smallest absolute Gasteiger partial charge is 0.410 e. The van der Waals surface area contributed by atoms with Crippen molar-refractivity contribution in [1.29, 1.82) is 0 Å². The Labute approximate surface area is 192 Å². The van der Waals surface area contributed by atoms with Gasteiger partial charge in [0.25, 0.3) is 11.8 Å². The topological polar surface area (TPSA) is 121 Å². The molecule has 2 aliphatic heterocycles. The zero-order chi connectivity index (χ0) is 24.4. The van der Waals surface area contributed by atoms with E-state index in [1.54, 1.807) is 56.9 Å². The summed E-state index contributed by atoms with van der Waals surface area (Å²) in [6.45, 7) is 8.76. The van der Waals surface area contributed by atoms with Gasteiger partial charge in [-0.2, -0.15) is 5.01 Å². The predicted molar refractivity (Wildman–Crippen MR) is 118 cm³/mol. The molecule has 0 spiro atoms. The van der Waals surface area contributed by atoms with E-state index in [0.29, 0.717) is 42.5 Å². The lowest BCUT2D eigenvalue weighted by Gasteiger charge is -2.35. The highest BCUT2D eigenvalue weighted by Crippen LogP contribution is 2.29. The summed E-state index contributed by atoms with van der Waals surface area (Å²) in [6.07, 6.45) is -0.385. The second kappa shape index (κ2) is 9.26. The molecule has 1 unspecified atom stereocenters. The number of carbonyl (C=O) groups excluding carboxylic acids is 4. The number of rotatable bonds is 5. The highest BCUT2D eigenvalue weighted by molar-refractivity contribution is 6.08. The van der Waals surface area contributed by atoms with Crippen LogP contribution in [0.3, 0.4) is 0 Å². The Bertz CT molecular complexity index is 920. The normalized spacial score (nSPS) is 21.6. The van der Waals surface area contributed by atoms with E-state index in [-0.39, 0.29) is 12.6 Å². The Morgan fingerprint density at radius 3 is 2.24 bits per heavy atom. The van der Waals surface area contributed by atoms with Crippen LogP contribution in [0.2, 0.25) is 0 Å². The summed E-state index contributed by atoms with van der Waals surface area (Å²) in [6, 6.07) is 6.05. The average molecular weight is 462 g/mol. The monoisotopic (exact) mass is 461 g/mol. The Morgan fingerprint density at radius 2 is 1.70 bits per heavy atom. The van der Waals surface area contributed by atoms with Crippen molar-refractivity contribution in [1.82, 2.24) is 25.6 Å². The van der Waals surface area contributed by atoms with Crippen LogP contribution in [0.25, 0.3) is 0 Å². The van der Waals surface area contributed by atoms with E-state index in [4.69, 9.17) is 9.47 Å². The fraction of sp³-hybridized carbons (Fsp3) is 0.545. The largest absolute Gasteiger partial charge is 0.497 e. The number of hydrogen-bond donors (Lipinski definition) is 2. The number of amides is 5. The highest BCUT2D eigenvalue weighted by atomic mass is 16.6. The van der Waals surface area contributed by atoms with Gasteiger partial charge in [-0.3, -0.25) is 19.9 Å². The maximum Gasteiger partial charge on any atom is 0.410 e. The first-order valence-corrected chi connectivity index (χ1v) is 10.7. The number of hydrogen-bond acceptors (Lipinski definition) is 7. The van der Waals surface area contributed by atoms with E-state index >= 15 is 0 Å². The van der Waals surface area contributed by atoms with Crippen molar-refractivity contribution in [2.75, 3.05) is 39.8 Å². The average Bonchev–Trinajstić information content (AvgIpc) is 2.97. The summed E-state index contributed by atoms with van der Waals surface area (Å²) in [4.78, 5) is 53.6. The third-order valence-corrected chi connectivity index (χ3v) is 5.49. The van der Waals surface area contributed by atoms with Crippen molar-refractivity contribution in [2.45, 2.75) is 38.8 Å². The number of hydrazine groups is 1. The summed E-state index contributed by atoms with van der Waals surface area (Å²) in [5.41, 5.74) is 1.08. The van der Waals surface area contributed by atoms with Crippen LogP contribution in [0, 0.1) is 0 Å². The van der Waals surface area contributed by atoms with Gasteiger partial charge in [-0.25, -0.2) is 9.59 Å². The maximum absolute atomic E-state index is 13.0. The lowest BCUT2D eigenvalue weighted by Crippen LogP contribution is -2.54. The Kier molecular flexibility index (Phi) is 6.82. The second-order valence-electron chi connectivity index (χ2n) is 9.20. The molecule has 1 atom stereocenters. The van der Waals surface area contributed by atoms with Gasteiger partial charge in [-0.05, 0) is 45.4 Å². The SMILES string of the molecule is COc1ccc(C2(C)NC(=O)N(NC(=O)CN3CCN(C(=O)OC(C)(C)C)CC3)C2=O)cc1. The fourth-order valence-electron chi connectivity index (χ4n) is 3.64. The molecule has 2 heterocycles. The summed E-state index contributed by atoms with van der Waals surface area (Å²) in [5.74, 6) is -0.458. The minimum Gasteiger partial charge on any atom is -0.497 e. The van der Waals surface area contributed by atoms with Crippen LogP contribution in [-0.4, -0.2) is 84.2 Å². The molecule has 1 aromatic carbocycles. The summed E-state index contributed by atoms with van der Waals surface area (Å²) in [7, 11) is 1.54. The van der Waals surface area contributed by atoms with Crippen LogP contribution in [0.5, 0.6) is 5.75 Å². The number of nitrogens with zero attached hydrogens (tertiary/aromatic N) is 3. The van der Waals surface area contributed by atoms with E-state index in [2.05, 4.69) is 10.7 Å². The first-order valence-electron chi connectivity index (χ1n) is 10.7. The molecule has 0 saturated carbocycles. The van der Waals surface area contributed by atoms with Crippen LogP contribution in [0.4, 0.5) is 9.59 Å². The van der Waals surface area contributed by atoms with Crippen LogP contribution >= 0.6 is 0 Å². The van der Waals surface area contributed by atoms with E-state index in [0.717, 1.165) is 0 Å². The van der Waals surface area contributed by atoms with Crippen molar-refractivity contribution in [2.24, 2.45) is 0 Å². The molecule has 0 bridgehead atoms. The number of methoxy groups -OCH3 is 1. The van der Waals surface area contributed by atoms with Crippen molar-refractivity contribution in [3.8, 4) is 5.75 Å². The van der Waals surface area contributed by atoms with Crippen LogP contribution in [-0.2, 0) is 19.9 Å². The molecule has 5 amide bonds. The molecule has 1 aromatic rings. The number of benzene rings is 1. The van der Waals surface area contributed by atoms with Crippen molar-refractivity contribution < 1.29 is 28.7 Å². The fourth-order valence-corrected chi connectivity index (χ4v) is 3.64. The molecule has 0 aromatic heterocycles. The number of carbonyl (C=O) groups is 4. The standard InChI is InChI=1S/C22H31N5O6/c1-21(2,3)33-20(31)26-12-10-25(11-13-26)14-17(28)24-27-18(29)22(4,23-19(27)30)15-6-8-16(32-5)9-7-15/h6-9H,10-14H2,1-5H3,(H,23,30)(H,24,28). The molecular formula is C22H31N5O6. The lowest BCUT2D eigenvalue weighted by molar-refractivity contribution is -0.139. The molecule has 33 heavy (non-hydrogen) atoms. The van der Waals surface area contributed by atoms with E-state index in [1.165, 1.54) is 7.11 Å². The van der Waals surface area contributed by atoms with Crippen molar-refractivity contribution in [3.05, 3.63) is 29.8 Å². The van der Waals surface area contributed by atoms with Gasteiger partial charge in [0.05, 0.1) is 13.7 Å². The van der Waals surface area contributed by atoms with Crippen LogP contribution < -0.4 is 15.5 Å². The Morgan fingerprint density at radius 1 is 1.09 bits per heavy atom. The summed E-state index contributed by atoms with van der Waals surface area (Å²) >= 11 is 0. The molecular weight excluding hydrogens is 430 g/mol. The molecule has 11 heteroatoms. The molecule has 180 valence electrons. The molecule has 11 nitrogen and oxygen atoms in total. The van der Waals surface area contributed by atoms with Crippen molar-refractivity contribution in [3.63, 3.8) is 0 Å². The minimum absolute atomic E-state index is 0.0154. The first-order chi connectivity index (χ1) is 15.4. The molecule has 2 aliphatic rings. The van der Waals surface area contributed by atoms with Crippen LogP contribution in [0.1, 0.15) is 33.3 Å². The number of urea groups is 1. The minimum atomic E-state index is -1.31. The van der Waals surface area contributed by atoms with Gasteiger partial charge >= 0.3 is 12.1 Å². The zero-order valence-corrected chi connectivity index (χ0v) is 19.6. The van der Waals surface area contributed by atoms with Crippen molar-refractivity contribution >= 4 is 23.9 Å². The van der Waals surface area contributed by atoms with E-state index in [9.17, 15) is 19.2 Å². The van der Waals surface area contributed by atoms with Crippen LogP contribution in [0.15, 0.2) is 24.3 Å². The quantitative estimate of drug-likeness (QED) is 0.629. The van der Waals surface area contributed by atoms with Gasteiger partial charge in [-0.15, -0.1) is 0 Å². The molecule has 2 fully saturated rings. The summed E-state index contributed by atoms with van der Waals surface area (Å²) < 4.78 is 10.5. The third kappa shape index (κ3) is 5.54. The number of nitrogens with one attached hydrogen (secondary N) is 2. The van der Waals surface area contributed by atoms with E-state index < -0.39 is 29.0 Å². The van der Waals surface area contributed by atoms with Gasteiger partial charge in [0.2, 0.25) is 0 Å². The second-order valence-corrected chi connectivity index (χ2v) is 9.20. The van der Waals surface area contributed by atoms with Gasteiger partial charge in [-0.1, -0.05) is 12.1 Å². The van der Waals surface area contributed by atoms with Gasteiger partial charge in [0.1, 0.15) is 16.9 Å². The molecule has 2 saturated heterocycles. The Balaban J connectivity index is 1.54. The van der Waals surface area contributed by atoms with Gasteiger partial charge in [0, 0.05) is 26.2 Å². The lowest BCUT2D eigenvalue weighted by atomic mass is 9.92. The predicted octanol–water partition coefficient (Wildman–Crippen LogP) is 1.05. The molecule has 0 aliphatic carbocycles. The van der Waals surface area contributed by atoms with Gasteiger partial charge in [0.15, 0.2) is 0 Å². The molecule has 2 N–H and O–H groups in total. The first kappa shape index (κ1) is 24.3. The maximum atomic E-state index is 13.0. The number of imide groups is 1. The highest BCUT2D eigenvalue weighted by Gasteiger charge is 2.50. The Hall–Kier alpha value is -3.34. The summed E-state index contributed by atoms with van der Waals surface area (Å²) in [5, 5.41) is 3.35.